The third-order valence-corrected chi connectivity index (χ3v) is 3.44. The van der Waals surface area contributed by atoms with Crippen LogP contribution in [0, 0.1) is 24.6 Å². The van der Waals surface area contributed by atoms with Gasteiger partial charge in [-0.3, -0.25) is 4.79 Å². The number of carboxylic acids is 1. The molecule has 2 N–H and O–H groups in total. The second-order valence-corrected chi connectivity index (χ2v) is 4.62. The van der Waals surface area contributed by atoms with Gasteiger partial charge in [0, 0.05) is 6.04 Å². The molecule has 0 aliphatic heterocycles. The van der Waals surface area contributed by atoms with Crippen LogP contribution in [0.25, 0.3) is 0 Å². The number of aliphatic carboxylic acids is 1. The molecule has 1 saturated carbocycles. The van der Waals surface area contributed by atoms with E-state index in [9.17, 15) is 9.18 Å². The smallest absolute Gasteiger partial charge is 0.306 e. The van der Waals surface area contributed by atoms with E-state index in [-0.39, 0.29) is 23.7 Å². The van der Waals surface area contributed by atoms with Gasteiger partial charge in [-0.15, -0.1) is 0 Å². The molecule has 0 amide bonds. The monoisotopic (exact) mass is 237 g/mol. The standard InChI is InChI=1S/C13H16FNO2/c1-7-5-8(3-4-11(7)14)12(15-2)9-6-10(9)13(16)17/h3-5,9-10,12,15H,6H2,1-2H3,(H,16,17). The molecule has 1 aliphatic rings. The first kappa shape index (κ1) is 12.0. The predicted molar refractivity (Wildman–Crippen MR) is 62.2 cm³/mol. The molecule has 1 aromatic rings. The van der Waals surface area contributed by atoms with Gasteiger partial charge in [0.05, 0.1) is 5.92 Å². The maximum atomic E-state index is 13.2. The number of nitrogens with one attached hydrogen (secondary N) is 1. The van der Waals surface area contributed by atoms with E-state index in [1.165, 1.54) is 6.07 Å². The van der Waals surface area contributed by atoms with Crippen LogP contribution in [-0.2, 0) is 4.79 Å². The summed E-state index contributed by atoms with van der Waals surface area (Å²) < 4.78 is 13.2. The average molecular weight is 237 g/mol. The Hall–Kier alpha value is -1.42. The Labute approximate surface area is 99.7 Å². The molecule has 4 heteroatoms. The highest BCUT2D eigenvalue weighted by Crippen LogP contribution is 2.47. The minimum atomic E-state index is -0.742. The van der Waals surface area contributed by atoms with Gasteiger partial charge in [0.1, 0.15) is 5.82 Å². The summed E-state index contributed by atoms with van der Waals surface area (Å²) >= 11 is 0. The maximum Gasteiger partial charge on any atom is 0.306 e. The Balaban J connectivity index is 2.19. The molecule has 0 spiro atoms. The summed E-state index contributed by atoms with van der Waals surface area (Å²) in [6.45, 7) is 1.72. The third kappa shape index (κ3) is 2.31. The fraction of sp³-hybridized carbons (Fsp3) is 0.462. The van der Waals surface area contributed by atoms with Gasteiger partial charge in [0.15, 0.2) is 0 Å². The molecule has 3 nitrogen and oxygen atoms in total. The first-order valence-corrected chi connectivity index (χ1v) is 5.70. The van der Waals surface area contributed by atoms with E-state index in [0.29, 0.717) is 12.0 Å². The number of hydrogen-bond acceptors (Lipinski definition) is 2. The van der Waals surface area contributed by atoms with Crippen LogP contribution >= 0.6 is 0 Å². The average Bonchev–Trinajstić information content (AvgIpc) is 3.04. The first-order valence-electron chi connectivity index (χ1n) is 5.70. The highest BCUT2D eigenvalue weighted by Gasteiger charge is 2.47. The van der Waals surface area contributed by atoms with Crippen LogP contribution in [0.4, 0.5) is 4.39 Å². The van der Waals surface area contributed by atoms with Crippen molar-refractivity contribution in [2.45, 2.75) is 19.4 Å². The quantitative estimate of drug-likeness (QED) is 0.843. The van der Waals surface area contributed by atoms with Crippen LogP contribution in [-0.4, -0.2) is 18.1 Å². The van der Waals surface area contributed by atoms with Crippen molar-refractivity contribution in [2.24, 2.45) is 11.8 Å². The molecular weight excluding hydrogens is 221 g/mol. The molecule has 0 saturated heterocycles. The second kappa shape index (κ2) is 4.45. The zero-order valence-electron chi connectivity index (χ0n) is 9.90. The predicted octanol–water partition coefficient (Wildman–Crippen LogP) is 2.12. The van der Waals surface area contributed by atoms with Crippen molar-refractivity contribution in [3.8, 4) is 0 Å². The molecule has 1 aliphatic carbocycles. The SMILES string of the molecule is CNC(c1ccc(F)c(C)c1)C1CC1C(=O)O. The highest BCUT2D eigenvalue weighted by atomic mass is 19.1. The number of carbonyl (C=O) groups is 1. The normalized spacial score (nSPS) is 24.4. The Morgan fingerprint density at radius 2 is 2.29 bits per heavy atom. The second-order valence-electron chi connectivity index (χ2n) is 4.62. The summed E-state index contributed by atoms with van der Waals surface area (Å²) in [6.07, 6.45) is 0.692. The van der Waals surface area contributed by atoms with Crippen molar-refractivity contribution in [3.05, 3.63) is 35.1 Å². The molecule has 0 bridgehead atoms. The van der Waals surface area contributed by atoms with Gasteiger partial charge in [0.25, 0.3) is 0 Å². The highest BCUT2D eigenvalue weighted by molar-refractivity contribution is 5.73. The van der Waals surface area contributed by atoms with Crippen LogP contribution in [0.3, 0.4) is 0 Å². The molecule has 3 atom stereocenters. The fourth-order valence-corrected chi connectivity index (χ4v) is 2.36. The number of hydrogen-bond donors (Lipinski definition) is 2. The minimum Gasteiger partial charge on any atom is -0.481 e. The van der Waals surface area contributed by atoms with Crippen molar-refractivity contribution >= 4 is 5.97 Å². The van der Waals surface area contributed by atoms with Crippen LogP contribution in [0.2, 0.25) is 0 Å². The number of halogens is 1. The lowest BCUT2D eigenvalue weighted by molar-refractivity contribution is -0.138. The van der Waals surface area contributed by atoms with E-state index in [4.69, 9.17) is 5.11 Å². The topological polar surface area (TPSA) is 49.3 Å². The molecule has 0 aromatic heterocycles. The Morgan fingerprint density at radius 1 is 1.59 bits per heavy atom. The van der Waals surface area contributed by atoms with Gasteiger partial charge < -0.3 is 10.4 Å². The zero-order chi connectivity index (χ0) is 12.6. The van der Waals surface area contributed by atoms with Crippen LogP contribution in [0.1, 0.15) is 23.6 Å². The van der Waals surface area contributed by atoms with E-state index < -0.39 is 5.97 Å². The number of benzene rings is 1. The molecule has 0 radical (unpaired) electrons. The third-order valence-electron chi connectivity index (χ3n) is 3.44. The molecule has 92 valence electrons. The molecule has 17 heavy (non-hydrogen) atoms. The first-order chi connectivity index (χ1) is 8.04. The Morgan fingerprint density at radius 3 is 2.76 bits per heavy atom. The van der Waals surface area contributed by atoms with Gasteiger partial charge in [-0.1, -0.05) is 12.1 Å². The van der Waals surface area contributed by atoms with E-state index in [1.807, 2.05) is 0 Å². The number of aryl methyl sites for hydroxylation is 1. The van der Waals surface area contributed by atoms with Gasteiger partial charge in [-0.25, -0.2) is 4.39 Å². The summed E-state index contributed by atoms with van der Waals surface area (Å²) in [5.74, 6) is -1.12. The van der Waals surface area contributed by atoms with Crippen molar-refractivity contribution in [1.82, 2.24) is 5.32 Å². The van der Waals surface area contributed by atoms with Crippen LogP contribution in [0.15, 0.2) is 18.2 Å². The number of rotatable bonds is 4. The molecule has 3 unspecified atom stereocenters. The zero-order valence-corrected chi connectivity index (χ0v) is 9.90. The van der Waals surface area contributed by atoms with Gasteiger partial charge in [-0.2, -0.15) is 0 Å². The lowest BCUT2D eigenvalue weighted by Gasteiger charge is -2.17. The van der Waals surface area contributed by atoms with E-state index in [0.717, 1.165) is 5.56 Å². The lowest BCUT2D eigenvalue weighted by Crippen LogP contribution is -2.20. The maximum absolute atomic E-state index is 13.2. The minimum absolute atomic E-state index is 0.00426. The molecule has 2 rings (SSSR count). The van der Waals surface area contributed by atoms with Gasteiger partial charge >= 0.3 is 5.97 Å². The number of carboxylic acid groups (broad SMARTS) is 1. The van der Waals surface area contributed by atoms with Crippen LogP contribution < -0.4 is 5.32 Å². The van der Waals surface area contributed by atoms with E-state index in [2.05, 4.69) is 5.32 Å². The summed E-state index contributed by atoms with van der Waals surface area (Å²) in [5, 5.41) is 12.1. The van der Waals surface area contributed by atoms with E-state index in [1.54, 1.807) is 26.1 Å². The molecule has 1 fully saturated rings. The molecular formula is C13H16FNO2. The molecule has 1 aromatic carbocycles. The fourth-order valence-electron chi connectivity index (χ4n) is 2.36. The Bertz CT molecular complexity index is 447. The summed E-state index contributed by atoms with van der Waals surface area (Å²) in [4.78, 5) is 10.9. The molecule has 0 heterocycles. The lowest BCUT2D eigenvalue weighted by atomic mass is 9.99. The van der Waals surface area contributed by atoms with Crippen molar-refractivity contribution in [2.75, 3.05) is 7.05 Å². The summed E-state index contributed by atoms with van der Waals surface area (Å²) in [7, 11) is 1.81. The summed E-state index contributed by atoms with van der Waals surface area (Å²) in [6, 6.07) is 4.94. The van der Waals surface area contributed by atoms with Crippen molar-refractivity contribution in [1.29, 1.82) is 0 Å². The van der Waals surface area contributed by atoms with E-state index >= 15 is 0 Å². The van der Waals surface area contributed by atoms with Gasteiger partial charge in [-0.05, 0) is 43.5 Å². The van der Waals surface area contributed by atoms with Gasteiger partial charge in [0.2, 0.25) is 0 Å². The largest absolute Gasteiger partial charge is 0.481 e. The van der Waals surface area contributed by atoms with Crippen molar-refractivity contribution < 1.29 is 14.3 Å². The van der Waals surface area contributed by atoms with Crippen LogP contribution in [0.5, 0.6) is 0 Å². The van der Waals surface area contributed by atoms with Crippen molar-refractivity contribution in [3.63, 3.8) is 0 Å². The summed E-state index contributed by atoms with van der Waals surface area (Å²) in [5.41, 5.74) is 1.55. The Kier molecular flexibility index (Phi) is 3.15.